The SMILES string of the molecule is O=Cc1cn(-c2ccc([N+](=O)[O-])cc2)nc1-c1ccsc1. The second-order valence-electron chi connectivity index (χ2n) is 4.28. The highest BCUT2D eigenvalue weighted by Gasteiger charge is 2.12. The monoisotopic (exact) mass is 299 g/mol. The van der Waals surface area contributed by atoms with E-state index in [-0.39, 0.29) is 5.69 Å². The number of nitrogens with zero attached hydrogens (tertiary/aromatic N) is 3. The topological polar surface area (TPSA) is 78.0 Å². The van der Waals surface area contributed by atoms with Crippen molar-refractivity contribution in [1.82, 2.24) is 9.78 Å². The van der Waals surface area contributed by atoms with Crippen LogP contribution in [-0.2, 0) is 0 Å². The van der Waals surface area contributed by atoms with Gasteiger partial charge >= 0.3 is 0 Å². The molecule has 0 atom stereocenters. The van der Waals surface area contributed by atoms with Crippen LogP contribution in [0.25, 0.3) is 16.9 Å². The Hall–Kier alpha value is -2.80. The van der Waals surface area contributed by atoms with Crippen molar-refractivity contribution in [2.75, 3.05) is 0 Å². The number of hydrogen-bond acceptors (Lipinski definition) is 5. The fourth-order valence-corrected chi connectivity index (χ4v) is 2.60. The van der Waals surface area contributed by atoms with E-state index in [0.717, 1.165) is 11.8 Å². The Morgan fingerprint density at radius 3 is 2.57 bits per heavy atom. The summed E-state index contributed by atoms with van der Waals surface area (Å²) < 4.78 is 1.54. The number of nitro benzene ring substituents is 1. The molecule has 0 aliphatic carbocycles. The molecule has 1 aromatic carbocycles. The van der Waals surface area contributed by atoms with E-state index < -0.39 is 4.92 Å². The Morgan fingerprint density at radius 2 is 2.00 bits per heavy atom. The highest BCUT2D eigenvalue weighted by Crippen LogP contribution is 2.25. The number of carbonyl (C=O) groups excluding carboxylic acids is 1. The molecule has 21 heavy (non-hydrogen) atoms. The van der Waals surface area contributed by atoms with Crippen LogP contribution >= 0.6 is 11.3 Å². The molecule has 7 heteroatoms. The fourth-order valence-electron chi connectivity index (χ4n) is 1.96. The summed E-state index contributed by atoms with van der Waals surface area (Å²) in [4.78, 5) is 21.4. The van der Waals surface area contributed by atoms with Crippen molar-refractivity contribution in [2.24, 2.45) is 0 Å². The van der Waals surface area contributed by atoms with Crippen LogP contribution in [0.15, 0.2) is 47.3 Å². The first-order chi connectivity index (χ1) is 10.2. The van der Waals surface area contributed by atoms with E-state index in [1.807, 2.05) is 16.8 Å². The zero-order valence-corrected chi connectivity index (χ0v) is 11.5. The van der Waals surface area contributed by atoms with Crippen LogP contribution in [0, 0.1) is 10.1 Å². The van der Waals surface area contributed by atoms with Crippen LogP contribution in [0.4, 0.5) is 5.69 Å². The first-order valence-electron chi connectivity index (χ1n) is 6.01. The smallest absolute Gasteiger partial charge is 0.269 e. The summed E-state index contributed by atoms with van der Waals surface area (Å²) in [7, 11) is 0. The largest absolute Gasteiger partial charge is 0.298 e. The predicted octanol–water partition coefficient (Wildman–Crippen LogP) is 3.32. The van der Waals surface area contributed by atoms with E-state index in [4.69, 9.17) is 0 Å². The molecule has 6 nitrogen and oxygen atoms in total. The van der Waals surface area contributed by atoms with Gasteiger partial charge in [0.1, 0.15) is 5.69 Å². The molecule has 0 unspecified atom stereocenters. The lowest BCUT2D eigenvalue weighted by Crippen LogP contribution is -1.95. The third-order valence-electron chi connectivity index (χ3n) is 2.99. The molecule has 0 saturated carbocycles. The lowest BCUT2D eigenvalue weighted by atomic mass is 10.2. The van der Waals surface area contributed by atoms with Crippen molar-refractivity contribution in [3.8, 4) is 16.9 Å². The summed E-state index contributed by atoms with van der Waals surface area (Å²) in [5, 5.41) is 18.9. The molecule has 0 aliphatic rings. The molecular formula is C14H9N3O3S. The minimum Gasteiger partial charge on any atom is -0.298 e. The highest BCUT2D eigenvalue weighted by molar-refractivity contribution is 7.08. The van der Waals surface area contributed by atoms with Crippen LogP contribution in [0.1, 0.15) is 10.4 Å². The van der Waals surface area contributed by atoms with E-state index >= 15 is 0 Å². The van der Waals surface area contributed by atoms with Gasteiger partial charge in [0.2, 0.25) is 0 Å². The maximum absolute atomic E-state index is 11.2. The lowest BCUT2D eigenvalue weighted by molar-refractivity contribution is -0.384. The molecular weight excluding hydrogens is 290 g/mol. The fraction of sp³-hybridized carbons (Fsp3) is 0. The molecule has 3 rings (SSSR count). The van der Waals surface area contributed by atoms with Gasteiger partial charge in [0, 0.05) is 29.3 Å². The summed E-state index contributed by atoms with van der Waals surface area (Å²) in [6.45, 7) is 0. The zero-order chi connectivity index (χ0) is 14.8. The Kier molecular flexibility index (Phi) is 3.33. The second kappa shape index (κ2) is 5.29. The second-order valence-corrected chi connectivity index (χ2v) is 5.06. The zero-order valence-electron chi connectivity index (χ0n) is 10.7. The van der Waals surface area contributed by atoms with Gasteiger partial charge in [0.05, 0.1) is 16.2 Å². The summed E-state index contributed by atoms with van der Waals surface area (Å²) >= 11 is 1.52. The number of thiophene rings is 1. The Labute approximate surface area is 123 Å². The number of non-ortho nitro benzene ring substituents is 1. The molecule has 2 aromatic heterocycles. The van der Waals surface area contributed by atoms with Gasteiger partial charge in [-0.1, -0.05) is 0 Å². The minimum atomic E-state index is -0.458. The quantitative estimate of drug-likeness (QED) is 0.420. The highest BCUT2D eigenvalue weighted by atomic mass is 32.1. The minimum absolute atomic E-state index is 0.0135. The number of aldehydes is 1. The normalized spacial score (nSPS) is 10.5. The number of nitro groups is 1. The van der Waals surface area contributed by atoms with Crippen molar-refractivity contribution >= 4 is 23.3 Å². The van der Waals surface area contributed by atoms with Crippen molar-refractivity contribution in [2.45, 2.75) is 0 Å². The first kappa shape index (κ1) is 13.2. The Balaban J connectivity index is 2.03. The van der Waals surface area contributed by atoms with E-state index in [0.29, 0.717) is 16.9 Å². The van der Waals surface area contributed by atoms with Gasteiger partial charge in [0.15, 0.2) is 6.29 Å². The van der Waals surface area contributed by atoms with E-state index in [1.54, 1.807) is 23.0 Å². The lowest BCUT2D eigenvalue weighted by Gasteiger charge is -2.00. The summed E-state index contributed by atoms with van der Waals surface area (Å²) in [6, 6.07) is 7.89. The summed E-state index contributed by atoms with van der Waals surface area (Å²) in [6.07, 6.45) is 2.36. The Bertz CT molecular complexity index is 791. The number of rotatable bonds is 4. The maximum atomic E-state index is 11.2. The van der Waals surface area contributed by atoms with Crippen LogP contribution < -0.4 is 0 Å². The predicted molar refractivity (Wildman–Crippen MR) is 78.9 cm³/mol. The molecule has 0 radical (unpaired) electrons. The molecule has 0 aliphatic heterocycles. The van der Waals surface area contributed by atoms with Crippen molar-refractivity contribution in [3.63, 3.8) is 0 Å². The van der Waals surface area contributed by atoms with Gasteiger partial charge < -0.3 is 0 Å². The molecule has 0 fully saturated rings. The Morgan fingerprint density at radius 1 is 1.24 bits per heavy atom. The molecule has 0 amide bonds. The van der Waals surface area contributed by atoms with E-state index in [1.165, 1.54) is 23.5 Å². The number of hydrogen-bond donors (Lipinski definition) is 0. The van der Waals surface area contributed by atoms with Gasteiger partial charge in [0.25, 0.3) is 5.69 Å². The van der Waals surface area contributed by atoms with Crippen molar-refractivity contribution in [1.29, 1.82) is 0 Å². The first-order valence-corrected chi connectivity index (χ1v) is 6.95. The average Bonchev–Trinajstić information content (AvgIpc) is 3.16. The number of aromatic nitrogens is 2. The third kappa shape index (κ3) is 2.46. The van der Waals surface area contributed by atoms with Crippen molar-refractivity contribution < 1.29 is 9.72 Å². The molecule has 0 spiro atoms. The number of carbonyl (C=O) groups is 1. The molecule has 0 bridgehead atoms. The summed E-state index contributed by atoms with van der Waals surface area (Å²) in [5.41, 5.74) is 2.63. The molecule has 0 saturated heterocycles. The standard InChI is InChI=1S/C14H9N3O3S/c18-8-11-7-16(15-14(11)10-5-6-21-9-10)12-1-3-13(4-2-12)17(19)20/h1-9H. The number of benzene rings is 1. The van der Waals surface area contributed by atoms with E-state index in [2.05, 4.69) is 5.10 Å². The van der Waals surface area contributed by atoms with Gasteiger partial charge in [-0.3, -0.25) is 14.9 Å². The maximum Gasteiger partial charge on any atom is 0.269 e. The van der Waals surface area contributed by atoms with Crippen molar-refractivity contribution in [3.05, 3.63) is 63.0 Å². The van der Waals surface area contributed by atoms with Gasteiger partial charge in [-0.15, -0.1) is 0 Å². The molecule has 2 heterocycles. The van der Waals surface area contributed by atoms with Crippen LogP contribution in [0.3, 0.4) is 0 Å². The molecule has 0 N–H and O–H groups in total. The average molecular weight is 299 g/mol. The van der Waals surface area contributed by atoms with Crippen LogP contribution in [0.2, 0.25) is 0 Å². The third-order valence-corrected chi connectivity index (χ3v) is 3.67. The van der Waals surface area contributed by atoms with Crippen LogP contribution in [0.5, 0.6) is 0 Å². The summed E-state index contributed by atoms with van der Waals surface area (Å²) in [5.74, 6) is 0. The van der Waals surface area contributed by atoms with E-state index in [9.17, 15) is 14.9 Å². The van der Waals surface area contributed by atoms with Gasteiger partial charge in [-0.2, -0.15) is 16.4 Å². The van der Waals surface area contributed by atoms with Crippen LogP contribution in [-0.4, -0.2) is 21.0 Å². The van der Waals surface area contributed by atoms with Gasteiger partial charge in [-0.05, 0) is 23.6 Å². The molecule has 3 aromatic rings. The van der Waals surface area contributed by atoms with Gasteiger partial charge in [-0.25, -0.2) is 4.68 Å². The molecule has 104 valence electrons.